The van der Waals surface area contributed by atoms with E-state index >= 15 is 0 Å². The molecule has 0 aliphatic carbocycles. The van der Waals surface area contributed by atoms with Crippen LogP contribution in [0.2, 0.25) is 0 Å². The Balaban J connectivity index is 1.58. The van der Waals surface area contributed by atoms with Gasteiger partial charge in [0, 0.05) is 17.6 Å². The molecule has 0 unspecified atom stereocenters. The number of hydrogen-bond donors (Lipinski definition) is 1. The fraction of sp³-hybridized carbons (Fsp3) is 0.148. The van der Waals surface area contributed by atoms with Gasteiger partial charge in [0.25, 0.3) is 0 Å². The van der Waals surface area contributed by atoms with Gasteiger partial charge in [0.15, 0.2) is 0 Å². The van der Waals surface area contributed by atoms with Crippen molar-refractivity contribution >= 4 is 11.7 Å². The van der Waals surface area contributed by atoms with Crippen LogP contribution in [0.3, 0.4) is 0 Å². The summed E-state index contributed by atoms with van der Waals surface area (Å²) in [5, 5.41) is 2.68. The maximum atomic E-state index is 13.6. The third kappa shape index (κ3) is 4.35. The lowest BCUT2D eigenvalue weighted by atomic mass is 10.0. The average molecular weight is 477 g/mol. The van der Waals surface area contributed by atoms with E-state index in [1.165, 1.54) is 12.1 Å². The minimum atomic E-state index is -4.51. The Hall–Kier alpha value is -4.20. The van der Waals surface area contributed by atoms with Crippen molar-refractivity contribution < 1.29 is 22.7 Å². The molecule has 1 aliphatic heterocycles. The molecule has 0 spiro atoms. The summed E-state index contributed by atoms with van der Waals surface area (Å²) in [6.45, 7) is 0.263. The van der Waals surface area contributed by atoms with Crippen LogP contribution in [0.5, 0.6) is 5.75 Å². The lowest BCUT2D eigenvalue weighted by Crippen LogP contribution is -2.38. The molecule has 5 nitrogen and oxygen atoms in total. The molecule has 1 aliphatic rings. The zero-order valence-electron chi connectivity index (χ0n) is 18.8. The van der Waals surface area contributed by atoms with E-state index < -0.39 is 23.8 Å². The standard InChI is InChI=1S/C27H22F3N3O2/c1-35-22-13-11-18(12-14-22)25-24-10-5-15-32(24)23-9-3-2-6-19(23)17-33(25)26(34)31-21-8-4-7-20(16-21)27(28,29)30/h2-16,25H,17H2,1H3,(H,31,34)/t25-/m0/s1. The smallest absolute Gasteiger partial charge is 0.416 e. The molecule has 2 amide bonds. The van der Waals surface area contributed by atoms with Crippen LogP contribution in [-0.4, -0.2) is 22.6 Å². The number of carbonyl (C=O) groups is 1. The molecule has 0 radical (unpaired) electrons. The summed E-state index contributed by atoms with van der Waals surface area (Å²) in [6, 6.07) is 22.7. The van der Waals surface area contributed by atoms with Crippen LogP contribution < -0.4 is 10.1 Å². The minimum absolute atomic E-state index is 0.0752. The molecule has 0 bridgehead atoms. The number of rotatable bonds is 3. The Morgan fingerprint density at radius 1 is 0.971 bits per heavy atom. The first-order valence-electron chi connectivity index (χ1n) is 11.0. The van der Waals surface area contributed by atoms with Crippen molar-refractivity contribution in [3.8, 4) is 11.4 Å². The fourth-order valence-corrected chi connectivity index (χ4v) is 4.44. The molecule has 35 heavy (non-hydrogen) atoms. The number of aromatic nitrogens is 1. The molecule has 0 saturated heterocycles. The number of nitrogens with one attached hydrogen (secondary N) is 1. The predicted octanol–water partition coefficient (Wildman–Crippen LogP) is 6.64. The molecular weight excluding hydrogens is 455 g/mol. The minimum Gasteiger partial charge on any atom is -0.497 e. The number of fused-ring (bicyclic) bond motifs is 3. The Morgan fingerprint density at radius 2 is 1.74 bits per heavy atom. The number of ether oxygens (including phenoxy) is 1. The lowest BCUT2D eigenvalue weighted by Gasteiger charge is -2.31. The molecule has 0 saturated carbocycles. The van der Waals surface area contributed by atoms with Gasteiger partial charge < -0.3 is 19.5 Å². The van der Waals surface area contributed by atoms with E-state index in [4.69, 9.17) is 4.74 Å². The van der Waals surface area contributed by atoms with Gasteiger partial charge in [0.05, 0.1) is 30.9 Å². The van der Waals surface area contributed by atoms with Crippen LogP contribution in [-0.2, 0) is 12.7 Å². The SMILES string of the molecule is COc1ccc([C@H]2c3cccn3-c3ccccc3CN2C(=O)Nc2cccc(C(F)(F)F)c2)cc1. The third-order valence-electron chi connectivity index (χ3n) is 6.10. The zero-order valence-corrected chi connectivity index (χ0v) is 18.8. The van der Waals surface area contributed by atoms with Gasteiger partial charge in [-0.15, -0.1) is 0 Å². The third-order valence-corrected chi connectivity index (χ3v) is 6.10. The highest BCUT2D eigenvalue weighted by atomic mass is 19.4. The molecule has 1 aromatic heterocycles. The average Bonchev–Trinajstić information content (AvgIpc) is 3.28. The van der Waals surface area contributed by atoms with Crippen molar-refractivity contribution in [2.45, 2.75) is 18.8 Å². The second kappa shape index (κ2) is 8.87. The zero-order chi connectivity index (χ0) is 24.6. The summed E-state index contributed by atoms with van der Waals surface area (Å²) in [5.41, 5.74) is 2.82. The molecule has 3 aromatic carbocycles. The molecule has 4 aromatic rings. The normalized spacial score (nSPS) is 15.1. The van der Waals surface area contributed by atoms with Crippen LogP contribution in [0.4, 0.5) is 23.7 Å². The second-order valence-electron chi connectivity index (χ2n) is 8.24. The summed E-state index contributed by atoms with van der Waals surface area (Å²) in [5.74, 6) is 0.681. The van der Waals surface area contributed by atoms with E-state index in [0.717, 1.165) is 34.6 Å². The van der Waals surface area contributed by atoms with E-state index in [0.29, 0.717) is 5.75 Å². The van der Waals surface area contributed by atoms with Gasteiger partial charge in [-0.25, -0.2) is 4.79 Å². The van der Waals surface area contributed by atoms with Gasteiger partial charge in [-0.3, -0.25) is 0 Å². The highest BCUT2D eigenvalue weighted by Crippen LogP contribution is 2.38. The van der Waals surface area contributed by atoms with Crippen molar-refractivity contribution in [2.75, 3.05) is 12.4 Å². The van der Waals surface area contributed by atoms with Gasteiger partial charge in [0.1, 0.15) is 5.75 Å². The van der Waals surface area contributed by atoms with Gasteiger partial charge in [-0.05, 0) is 59.7 Å². The molecule has 178 valence electrons. The van der Waals surface area contributed by atoms with E-state index in [1.807, 2.05) is 71.4 Å². The Bertz CT molecular complexity index is 1360. The molecule has 1 N–H and O–H groups in total. The van der Waals surface area contributed by atoms with Gasteiger partial charge in [-0.1, -0.05) is 36.4 Å². The topological polar surface area (TPSA) is 46.5 Å². The highest BCUT2D eigenvalue weighted by molar-refractivity contribution is 5.90. The van der Waals surface area contributed by atoms with E-state index in [9.17, 15) is 18.0 Å². The predicted molar refractivity (Wildman–Crippen MR) is 127 cm³/mol. The summed E-state index contributed by atoms with van der Waals surface area (Å²) < 4.78 is 47.0. The quantitative estimate of drug-likeness (QED) is 0.360. The van der Waals surface area contributed by atoms with Crippen molar-refractivity contribution in [1.29, 1.82) is 0 Å². The van der Waals surface area contributed by atoms with Gasteiger partial charge >= 0.3 is 12.2 Å². The molecule has 8 heteroatoms. The Kier molecular flexibility index (Phi) is 5.72. The largest absolute Gasteiger partial charge is 0.497 e. The summed E-state index contributed by atoms with van der Waals surface area (Å²) in [7, 11) is 1.58. The van der Waals surface area contributed by atoms with Gasteiger partial charge in [-0.2, -0.15) is 13.2 Å². The highest BCUT2D eigenvalue weighted by Gasteiger charge is 2.34. The number of anilines is 1. The molecule has 5 rings (SSSR count). The van der Waals surface area contributed by atoms with Gasteiger partial charge in [0.2, 0.25) is 0 Å². The van der Waals surface area contributed by atoms with Crippen LogP contribution in [0.1, 0.15) is 28.4 Å². The molecular formula is C27H22F3N3O2. The van der Waals surface area contributed by atoms with Crippen LogP contribution in [0.15, 0.2) is 91.1 Å². The molecule has 0 fully saturated rings. The van der Waals surface area contributed by atoms with Crippen molar-refractivity contribution in [3.05, 3.63) is 114 Å². The maximum absolute atomic E-state index is 13.6. The number of hydrogen-bond acceptors (Lipinski definition) is 2. The molecule has 1 atom stereocenters. The first-order valence-corrected chi connectivity index (χ1v) is 11.0. The van der Waals surface area contributed by atoms with Crippen molar-refractivity contribution in [1.82, 2.24) is 9.47 Å². The summed E-state index contributed by atoms with van der Waals surface area (Å²) >= 11 is 0. The Morgan fingerprint density at radius 3 is 2.49 bits per heavy atom. The van der Waals surface area contributed by atoms with Crippen LogP contribution in [0.25, 0.3) is 5.69 Å². The van der Waals surface area contributed by atoms with E-state index in [1.54, 1.807) is 12.0 Å². The second-order valence-corrected chi connectivity index (χ2v) is 8.24. The van der Waals surface area contributed by atoms with Crippen LogP contribution in [0, 0.1) is 0 Å². The number of benzene rings is 3. The number of nitrogens with zero attached hydrogens (tertiary/aromatic N) is 2. The first kappa shape index (κ1) is 22.6. The van der Waals surface area contributed by atoms with E-state index in [-0.39, 0.29) is 12.2 Å². The number of amides is 2. The number of halogens is 3. The lowest BCUT2D eigenvalue weighted by molar-refractivity contribution is -0.137. The fourth-order valence-electron chi connectivity index (χ4n) is 4.44. The number of para-hydroxylation sites is 1. The van der Waals surface area contributed by atoms with E-state index in [2.05, 4.69) is 5.32 Å². The number of carbonyl (C=O) groups excluding carboxylic acids is 1. The number of urea groups is 1. The summed E-state index contributed by atoms with van der Waals surface area (Å²) in [4.78, 5) is 15.3. The van der Waals surface area contributed by atoms with Crippen LogP contribution >= 0.6 is 0 Å². The first-order chi connectivity index (χ1) is 16.8. The van der Waals surface area contributed by atoms with Crippen molar-refractivity contribution in [2.24, 2.45) is 0 Å². The Labute approximate surface area is 200 Å². The maximum Gasteiger partial charge on any atom is 0.416 e. The number of alkyl halides is 3. The monoisotopic (exact) mass is 477 g/mol. The molecule has 2 heterocycles. The summed E-state index contributed by atoms with van der Waals surface area (Å²) in [6.07, 6.45) is -2.56. The van der Waals surface area contributed by atoms with Crippen molar-refractivity contribution in [3.63, 3.8) is 0 Å². The number of methoxy groups -OCH3 is 1.